The summed E-state index contributed by atoms with van der Waals surface area (Å²) >= 11 is 0. The Balaban J connectivity index is 1.58. The molecule has 0 radical (unpaired) electrons. The van der Waals surface area contributed by atoms with E-state index in [1.54, 1.807) is 6.07 Å². The summed E-state index contributed by atoms with van der Waals surface area (Å²) in [5.41, 5.74) is 1.59. The smallest absolute Gasteiger partial charge is 0.252 e. The highest BCUT2D eigenvalue weighted by Gasteiger charge is 2.10. The Labute approximate surface area is 140 Å². The van der Waals surface area contributed by atoms with E-state index in [2.05, 4.69) is 10.6 Å². The van der Waals surface area contributed by atoms with E-state index in [0.29, 0.717) is 12.1 Å². The van der Waals surface area contributed by atoms with Crippen LogP contribution in [0.1, 0.15) is 15.9 Å². The van der Waals surface area contributed by atoms with Gasteiger partial charge in [0, 0.05) is 12.1 Å². The molecule has 0 bridgehead atoms. The molecule has 0 saturated heterocycles. The fourth-order valence-corrected chi connectivity index (χ4v) is 2.54. The van der Waals surface area contributed by atoms with Gasteiger partial charge >= 0.3 is 0 Å². The number of hydrogen-bond acceptors (Lipinski definition) is 2. The van der Waals surface area contributed by atoms with E-state index in [-0.39, 0.29) is 18.4 Å². The highest BCUT2D eigenvalue weighted by Crippen LogP contribution is 2.18. The molecule has 0 aromatic heterocycles. The molecule has 24 heavy (non-hydrogen) atoms. The first-order chi connectivity index (χ1) is 11.7. The first kappa shape index (κ1) is 15.7. The summed E-state index contributed by atoms with van der Waals surface area (Å²) in [6.07, 6.45) is 0. The zero-order valence-electron chi connectivity index (χ0n) is 13.2. The largest absolute Gasteiger partial charge is 0.350 e. The number of hydrogen-bond donors (Lipinski definition) is 2. The Bertz CT molecular complexity index is 854. The lowest BCUT2D eigenvalue weighted by atomic mass is 10.0. The van der Waals surface area contributed by atoms with Crippen molar-refractivity contribution in [2.45, 2.75) is 6.54 Å². The highest BCUT2D eigenvalue weighted by atomic mass is 16.2. The Morgan fingerprint density at radius 3 is 2.29 bits per heavy atom. The number of carbonyl (C=O) groups excluding carboxylic acids is 2. The quantitative estimate of drug-likeness (QED) is 0.760. The van der Waals surface area contributed by atoms with Crippen molar-refractivity contribution < 1.29 is 9.59 Å². The molecule has 2 amide bonds. The average Bonchev–Trinajstić information content (AvgIpc) is 2.64. The molecule has 3 aromatic rings. The number of carbonyl (C=O) groups is 2. The van der Waals surface area contributed by atoms with Crippen molar-refractivity contribution in [3.8, 4) is 0 Å². The van der Waals surface area contributed by atoms with Gasteiger partial charge in [0.05, 0.1) is 6.54 Å². The highest BCUT2D eigenvalue weighted by molar-refractivity contribution is 6.07. The summed E-state index contributed by atoms with van der Waals surface area (Å²) in [6, 6.07) is 22.9. The average molecular weight is 318 g/mol. The van der Waals surface area contributed by atoms with Crippen LogP contribution in [-0.4, -0.2) is 18.4 Å². The predicted molar refractivity (Wildman–Crippen MR) is 94.6 cm³/mol. The molecule has 4 nitrogen and oxygen atoms in total. The van der Waals surface area contributed by atoms with Crippen molar-refractivity contribution in [1.29, 1.82) is 0 Å². The van der Waals surface area contributed by atoms with E-state index >= 15 is 0 Å². The molecule has 4 heteroatoms. The van der Waals surface area contributed by atoms with Crippen molar-refractivity contribution in [3.63, 3.8) is 0 Å². The fraction of sp³-hybridized carbons (Fsp3) is 0.100. The van der Waals surface area contributed by atoms with Crippen molar-refractivity contribution in [3.05, 3.63) is 83.9 Å². The van der Waals surface area contributed by atoms with E-state index in [4.69, 9.17) is 0 Å². The summed E-state index contributed by atoms with van der Waals surface area (Å²) in [7, 11) is 0. The first-order valence-electron chi connectivity index (χ1n) is 7.80. The van der Waals surface area contributed by atoms with Crippen LogP contribution in [0.4, 0.5) is 0 Å². The van der Waals surface area contributed by atoms with Crippen molar-refractivity contribution in [1.82, 2.24) is 10.6 Å². The maximum Gasteiger partial charge on any atom is 0.252 e. The zero-order valence-corrected chi connectivity index (χ0v) is 13.2. The van der Waals surface area contributed by atoms with Crippen LogP contribution in [-0.2, 0) is 11.3 Å². The Kier molecular flexibility index (Phi) is 4.87. The molecule has 0 aliphatic carbocycles. The topological polar surface area (TPSA) is 58.2 Å². The molecule has 120 valence electrons. The number of fused-ring (bicyclic) bond motifs is 1. The van der Waals surface area contributed by atoms with Crippen LogP contribution >= 0.6 is 0 Å². The monoisotopic (exact) mass is 318 g/mol. The molecule has 3 rings (SSSR count). The van der Waals surface area contributed by atoms with Gasteiger partial charge in [-0.2, -0.15) is 0 Å². The van der Waals surface area contributed by atoms with Crippen LogP contribution in [0.15, 0.2) is 72.8 Å². The van der Waals surface area contributed by atoms with Crippen molar-refractivity contribution in [2.75, 3.05) is 6.54 Å². The Morgan fingerprint density at radius 1 is 0.750 bits per heavy atom. The molecule has 0 aliphatic rings. The van der Waals surface area contributed by atoms with Crippen LogP contribution in [0.25, 0.3) is 10.8 Å². The van der Waals surface area contributed by atoms with Gasteiger partial charge in [0.15, 0.2) is 0 Å². The second-order valence-electron chi connectivity index (χ2n) is 5.47. The molecule has 3 aromatic carbocycles. The van der Waals surface area contributed by atoms with E-state index < -0.39 is 0 Å². The number of rotatable bonds is 5. The second kappa shape index (κ2) is 7.42. The SMILES string of the molecule is O=C(CNC(=O)c1cccc2ccccc12)NCc1ccccc1. The van der Waals surface area contributed by atoms with Crippen LogP contribution in [0.3, 0.4) is 0 Å². The molecule has 0 atom stereocenters. The minimum absolute atomic E-state index is 0.0467. The summed E-state index contributed by atoms with van der Waals surface area (Å²) in [4.78, 5) is 24.2. The summed E-state index contributed by atoms with van der Waals surface area (Å²) in [5, 5.41) is 7.34. The molecule has 2 N–H and O–H groups in total. The molecule has 0 unspecified atom stereocenters. The van der Waals surface area contributed by atoms with Crippen molar-refractivity contribution in [2.24, 2.45) is 0 Å². The third-order valence-corrected chi connectivity index (χ3v) is 3.78. The zero-order chi connectivity index (χ0) is 16.8. The minimum atomic E-state index is -0.248. The van der Waals surface area contributed by atoms with E-state index in [1.807, 2.05) is 66.7 Å². The maximum atomic E-state index is 12.3. The van der Waals surface area contributed by atoms with Crippen LogP contribution in [0, 0.1) is 0 Å². The number of nitrogens with one attached hydrogen (secondary N) is 2. The third-order valence-electron chi connectivity index (χ3n) is 3.78. The minimum Gasteiger partial charge on any atom is -0.350 e. The maximum absolute atomic E-state index is 12.3. The van der Waals surface area contributed by atoms with Gasteiger partial charge in [-0.3, -0.25) is 9.59 Å². The van der Waals surface area contributed by atoms with Crippen molar-refractivity contribution >= 4 is 22.6 Å². The van der Waals surface area contributed by atoms with Gasteiger partial charge in [-0.15, -0.1) is 0 Å². The Morgan fingerprint density at radius 2 is 1.46 bits per heavy atom. The fourth-order valence-electron chi connectivity index (χ4n) is 2.54. The molecule has 0 heterocycles. The molecular formula is C20H18N2O2. The third kappa shape index (κ3) is 3.79. The summed E-state index contributed by atoms with van der Waals surface area (Å²) < 4.78 is 0. The second-order valence-corrected chi connectivity index (χ2v) is 5.47. The van der Waals surface area contributed by atoms with Crippen LogP contribution in [0.2, 0.25) is 0 Å². The summed E-state index contributed by atoms with van der Waals surface area (Å²) in [6.45, 7) is 0.401. The standard InChI is InChI=1S/C20H18N2O2/c23-19(21-13-15-7-2-1-3-8-15)14-22-20(24)18-12-6-10-16-9-4-5-11-17(16)18/h1-12H,13-14H2,(H,21,23)(H,22,24). The summed E-state index contributed by atoms with van der Waals surface area (Å²) in [5.74, 6) is -0.464. The molecular weight excluding hydrogens is 300 g/mol. The van der Waals surface area contributed by atoms with Crippen LogP contribution in [0.5, 0.6) is 0 Å². The molecule has 0 saturated carbocycles. The van der Waals surface area contributed by atoms with Gasteiger partial charge in [-0.1, -0.05) is 66.7 Å². The van der Waals surface area contributed by atoms with Gasteiger partial charge < -0.3 is 10.6 Å². The lowest BCUT2D eigenvalue weighted by molar-refractivity contribution is -0.120. The molecule has 0 spiro atoms. The first-order valence-corrected chi connectivity index (χ1v) is 7.80. The van der Waals surface area contributed by atoms with E-state index in [1.165, 1.54) is 0 Å². The molecule has 0 fully saturated rings. The number of benzene rings is 3. The Hall–Kier alpha value is -3.14. The lowest BCUT2D eigenvalue weighted by Crippen LogP contribution is -2.36. The number of amides is 2. The predicted octanol–water partition coefficient (Wildman–Crippen LogP) is 2.89. The van der Waals surface area contributed by atoms with E-state index in [0.717, 1.165) is 16.3 Å². The molecule has 0 aliphatic heterocycles. The van der Waals surface area contributed by atoms with Gasteiger partial charge in [0.25, 0.3) is 5.91 Å². The lowest BCUT2D eigenvalue weighted by Gasteiger charge is -2.09. The van der Waals surface area contributed by atoms with E-state index in [9.17, 15) is 9.59 Å². The van der Waals surface area contributed by atoms with Gasteiger partial charge in [0.1, 0.15) is 0 Å². The normalized spacial score (nSPS) is 10.3. The van der Waals surface area contributed by atoms with Crippen LogP contribution < -0.4 is 10.6 Å². The van der Waals surface area contributed by atoms with Gasteiger partial charge in [0.2, 0.25) is 5.91 Å². The van der Waals surface area contributed by atoms with Gasteiger partial charge in [-0.05, 0) is 22.4 Å². The van der Waals surface area contributed by atoms with Gasteiger partial charge in [-0.25, -0.2) is 0 Å².